The van der Waals surface area contributed by atoms with Crippen molar-refractivity contribution in [2.24, 2.45) is 0 Å². The molecule has 1 rings (SSSR count). The second-order valence-electron chi connectivity index (χ2n) is 3.54. The Kier molecular flexibility index (Phi) is 3.97. The van der Waals surface area contributed by atoms with Gasteiger partial charge in [0.2, 0.25) is 0 Å². The fraction of sp³-hybridized carbons (Fsp3) is 0.364. The van der Waals surface area contributed by atoms with Crippen molar-refractivity contribution >= 4 is 21.4 Å². The summed E-state index contributed by atoms with van der Waals surface area (Å²) in [6.45, 7) is 3.30. The zero-order chi connectivity index (χ0) is 13.1. The summed E-state index contributed by atoms with van der Waals surface area (Å²) in [5, 5.41) is 7.65. The van der Waals surface area contributed by atoms with Gasteiger partial charge in [-0.05, 0) is 26.0 Å². The van der Waals surface area contributed by atoms with Gasteiger partial charge in [0, 0.05) is 6.54 Å². The quantitative estimate of drug-likeness (QED) is 0.820. The topological polar surface area (TPSA) is 87.2 Å². The van der Waals surface area contributed by atoms with Gasteiger partial charge in [0.1, 0.15) is 0 Å². The number of anilines is 2. The van der Waals surface area contributed by atoms with E-state index in [0.29, 0.717) is 11.4 Å². The van der Waals surface area contributed by atoms with E-state index in [1.165, 1.54) is 6.92 Å². The van der Waals surface area contributed by atoms with E-state index in [1.54, 1.807) is 37.3 Å². The summed E-state index contributed by atoms with van der Waals surface area (Å²) in [5.74, 6) is 0. The number of hydrogen-bond acceptors (Lipinski definition) is 4. The molecule has 0 aliphatic heterocycles. The molecule has 0 radical (unpaired) electrons. The average Bonchev–Trinajstić information content (AvgIpc) is 2.31. The minimum Gasteiger partial charge on any atom is -0.397 e. The fourth-order valence-corrected chi connectivity index (χ4v) is 2.77. The number of benzene rings is 1. The molecule has 0 heterocycles. The van der Waals surface area contributed by atoms with E-state index >= 15 is 0 Å². The zero-order valence-electron chi connectivity index (χ0n) is 9.79. The largest absolute Gasteiger partial charge is 0.397 e. The van der Waals surface area contributed by atoms with Gasteiger partial charge in [-0.15, -0.1) is 0 Å². The lowest BCUT2D eigenvalue weighted by atomic mass is 10.3. The van der Waals surface area contributed by atoms with Gasteiger partial charge < -0.3 is 5.73 Å². The monoisotopic (exact) mass is 253 g/mol. The Morgan fingerprint density at radius 2 is 2.06 bits per heavy atom. The van der Waals surface area contributed by atoms with Crippen molar-refractivity contribution in [3.63, 3.8) is 0 Å². The molecule has 1 aromatic rings. The van der Waals surface area contributed by atoms with Crippen LogP contribution in [0.2, 0.25) is 0 Å². The summed E-state index contributed by atoms with van der Waals surface area (Å²) in [7, 11) is -3.68. The Morgan fingerprint density at radius 3 is 2.53 bits per heavy atom. The van der Waals surface area contributed by atoms with Gasteiger partial charge >= 0.3 is 0 Å². The van der Waals surface area contributed by atoms with Crippen LogP contribution in [0.15, 0.2) is 24.3 Å². The van der Waals surface area contributed by atoms with Gasteiger partial charge in [-0.2, -0.15) is 5.26 Å². The Bertz CT molecular complexity index is 534. The van der Waals surface area contributed by atoms with Crippen molar-refractivity contribution < 1.29 is 8.42 Å². The first-order chi connectivity index (χ1) is 7.95. The number of nitriles is 1. The molecule has 1 aromatic carbocycles. The average molecular weight is 253 g/mol. The van der Waals surface area contributed by atoms with Crippen molar-refractivity contribution in [1.29, 1.82) is 5.26 Å². The minimum absolute atomic E-state index is 0.239. The highest BCUT2D eigenvalue weighted by Crippen LogP contribution is 2.26. The number of nitrogens with zero attached hydrogens (tertiary/aromatic N) is 2. The fourth-order valence-electron chi connectivity index (χ4n) is 1.46. The first-order valence-electron chi connectivity index (χ1n) is 5.20. The second-order valence-corrected chi connectivity index (χ2v) is 5.72. The van der Waals surface area contributed by atoms with Crippen LogP contribution in [0.3, 0.4) is 0 Å². The molecule has 0 aliphatic rings. The normalized spacial score (nSPS) is 12.8. The van der Waals surface area contributed by atoms with Crippen LogP contribution in [0.5, 0.6) is 0 Å². The van der Waals surface area contributed by atoms with Crippen LogP contribution >= 0.6 is 0 Å². The number of nitrogen functional groups attached to an aromatic ring is 1. The van der Waals surface area contributed by atoms with Gasteiger partial charge in [-0.25, -0.2) is 8.42 Å². The molecule has 1 atom stereocenters. The summed E-state index contributed by atoms with van der Waals surface area (Å²) in [6.07, 6.45) is 0. The molecule has 92 valence electrons. The molecular formula is C11H15N3O2S. The SMILES string of the molecule is CCN(c1ccccc1N)S(=O)(=O)C(C)C#N. The molecule has 0 fully saturated rings. The number of para-hydroxylation sites is 2. The van der Waals surface area contributed by atoms with Crippen molar-refractivity contribution in [2.75, 3.05) is 16.6 Å². The van der Waals surface area contributed by atoms with E-state index in [-0.39, 0.29) is 6.54 Å². The summed E-state index contributed by atoms with van der Waals surface area (Å²) >= 11 is 0. The molecule has 0 saturated carbocycles. The van der Waals surface area contributed by atoms with Crippen LogP contribution in [0.1, 0.15) is 13.8 Å². The third kappa shape index (κ3) is 2.50. The van der Waals surface area contributed by atoms with Crippen LogP contribution in [-0.4, -0.2) is 20.2 Å². The van der Waals surface area contributed by atoms with Gasteiger partial charge in [-0.3, -0.25) is 4.31 Å². The Balaban J connectivity index is 3.28. The molecule has 0 spiro atoms. The molecule has 6 heteroatoms. The molecule has 0 saturated heterocycles. The third-order valence-corrected chi connectivity index (χ3v) is 4.50. The lowest BCUT2D eigenvalue weighted by Crippen LogP contribution is -2.37. The lowest BCUT2D eigenvalue weighted by molar-refractivity contribution is 0.587. The van der Waals surface area contributed by atoms with E-state index in [4.69, 9.17) is 11.0 Å². The molecule has 0 bridgehead atoms. The Morgan fingerprint density at radius 1 is 1.47 bits per heavy atom. The molecule has 17 heavy (non-hydrogen) atoms. The van der Waals surface area contributed by atoms with E-state index in [0.717, 1.165) is 4.31 Å². The second kappa shape index (κ2) is 5.06. The smallest absolute Gasteiger partial charge is 0.251 e. The van der Waals surface area contributed by atoms with Gasteiger partial charge in [0.15, 0.2) is 5.25 Å². The minimum atomic E-state index is -3.68. The maximum Gasteiger partial charge on any atom is 0.251 e. The standard InChI is InChI=1S/C11H15N3O2S/c1-3-14(17(15,16)9(2)8-12)11-7-5-4-6-10(11)13/h4-7,9H,3,13H2,1-2H3. The molecule has 0 aromatic heterocycles. The van der Waals surface area contributed by atoms with Gasteiger partial charge in [-0.1, -0.05) is 12.1 Å². The van der Waals surface area contributed by atoms with Crippen molar-refractivity contribution in [3.8, 4) is 6.07 Å². The Hall–Kier alpha value is -1.74. The number of rotatable bonds is 4. The molecule has 0 amide bonds. The number of nitrogens with two attached hydrogens (primary N) is 1. The first-order valence-corrected chi connectivity index (χ1v) is 6.71. The zero-order valence-corrected chi connectivity index (χ0v) is 10.6. The van der Waals surface area contributed by atoms with E-state index < -0.39 is 15.3 Å². The summed E-state index contributed by atoms with van der Waals surface area (Å²) in [6, 6.07) is 8.43. The molecule has 1 unspecified atom stereocenters. The molecule has 5 nitrogen and oxygen atoms in total. The van der Waals surface area contributed by atoms with Crippen molar-refractivity contribution in [3.05, 3.63) is 24.3 Å². The summed E-state index contributed by atoms with van der Waals surface area (Å²) in [4.78, 5) is 0. The number of hydrogen-bond donors (Lipinski definition) is 1. The molecular weight excluding hydrogens is 238 g/mol. The van der Waals surface area contributed by atoms with Gasteiger partial charge in [0.25, 0.3) is 10.0 Å². The maximum absolute atomic E-state index is 12.1. The molecule has 0 aliphatic carbocycles. The first kappa shape index (κ1) is 13.3. The van der Waals surface area contributed by atoms with Gasteiger partial charge in [0.05, 0.1) is 17.4 Å². The number of sulfonamides is 1. The van der Waals surface area contributed by atoms with E-state index in [9.17, 15) is 8.42 Å². The van der Waals surface area contributed by atoms with Crippen molar-refractivity contribution in [1.82, 2.24) is 0 Å². The summed E-state index contributed by atoms with van der Waals surface area (Å²) < 4.78 is 25.3. The predicted octanol–water partition coefficient (Wildman–Crippen LogP) is 1.34. The molecule has 2 N–H and O–H groups in total. The van der Waals surface area contributed by atoms with Crippen LogP contribution in [0.4, 0.5) is 11.4 Å². The van der Waals surface area contributed by atoms with Crippen LogP contribution in [-0.2, 0) is 10.0 Å². The highest BCUT2D eigenvalue weighted by molar-refractivity contribution is 7.93. The third-order valence-electron chi connectivity index (χ3n) is 2.43. The van der Waals surface area contributed by atoms with Crippen LogP contribution in [0.25, 0.3) is 0 Å². The van der Waals surface area contributed by atoms with Crippen molar-refractivity contribution in [2.45, 2.75) is 19.1 Å². The Labute approximate surface area is 102 Å². The van der Waals surface area contributed by atoms with E-state index in [1.807, 2.05) is 0 Å². The van der Waals surface area contributed by atoms with Crippen LogP contribution in [0, 0.1) is 11.3 Å². The maximum atomic E-state index is 12.1. The highest BCUT2D eigenvalue weighted by atomic mass is 32.2. The lowest BCUT2D eigenvalue weighted by Gasteiger charge is -2.25. The summed E-state index contributed by atoms with van der Waals surface area (Å²) in [5.41, 5.74) is 6.54. The van der Waals surface area contributed by atoms with Crippen LogP contribution < -0.4 is 10.0 Å². The predicted molar refractivity (Wildman–Crippen MR) is 67.9 cm³/mol. The van der Waals surface area contributed by atoms with E-state index in [2.05, 4.69) is 0 Å². The highest BCUT2D eigenvalue weighted by Gasteiger charge is 2.28.